The minimum absolute atomic E-state index is 0.00985. The number of likely N-dealkylation sites (tertiary alicyclic amines) is 2. The molecule has 3 aliphatic heterocycles. The SMILES string of the molecule is CCCN1CCC(C(=O)N2CCC(c3ccc(C(F)(F)F)cc3N3CCC(C(=O)O)CC3)CC2)(c2ccc(OC)cc2)C1. The second kappa shape index (κ2) is 12.8. The Morgan fingerprint density at radius 3 is 2.23 bits per heavy atom. The molecule has 5 rings (SSSR count). The molecule has 3 saturated heterocycles. The number of aliphatic carboxylic acids is 1. The van der Waals surface area contributed by atoms with Crippen molar-refractivity contribution in [3.05, 3.63) is 59.2 Å². The van der Waals surface area contributed by atoms with Crippen LogP contribution < -0.4 is 9.64 Å². The molecule has 0 aromatic heterocycles. The average Bonchev–Trinajstić information content (AvgIpc) is 3.45. The van der Waals surface area contributed by atoms with Gasteiger partial charge in [0.25, 0.3) is 0 Å². The van der Waals surface area contributed by atoms with Crippen LogP contribution in [0.2, 0.25) is 0 Å². The number of piperidine rings is 2. The maximum Gasteiger partial charge on any atom is 0.416 e. The maximum absolute atomic E-state index is 14.3. The number of ether oxygens (including phenoxy) is 1. The van der Waals surface area contributed by atoms with E-state index in [1.54, 1.807) is 13.2 Å². The lowest BCUT2D eigenvalue weighted by atomic mass is 9.77. The fraction of sp³-hybridized carbons (Fsp3) is 0.576. The first-order valence-corrected chi connectivity index (χ1v) is 15.4. The fourth-order valence-electron chi connectivity index (χ4n) is 7.24. The number of alkyl halides is 3. The van der Waals surface area contributed by atoms with Gasteiger partial charge in [-0.15, -0.1) is 0 Å². The molecule has 1 amide bonds. The molecule has 0 bridgehead atoms. The second-order valence-corrected chi connectivity index (χ2v) is 12.3. The van der Waals surface area contributed by atoms with Crippen LogP contribution in [0.15, 0.2) is 42.5 Å². The Bertz CT molecular complexity index is 1290. The number of carboxylic acid groups (broad SMARTS) is 1. The zero-order valence-electron chi connectivity index (χ0n) is 25.0. The molecule has 3 heterocycles. The Hall–Kier alpha value is -3.27. The van der Waals surface area contributed by atoms with Gasteiger partial charge in [-0.25, -0.2) is 0 Å². The summed E-state index contributed by atoms with van der Waals surface area (Å²) in [6.45, 7) is 6.49. The van der Waals surface area contributed by atoms with Gasteiger partial charge in [-0.05, 0) is 92.9 Å². The van der Waals surface area contributed by atoms with Gasteiger partial charge in [0.1, 0.15) is 5.75 Å². The zero-order chi connectivity index (χ0) is 30.8. The van der Waals surface area contributed by atoms with Gasteiger partial charge >= 0.3 is 12.1 Å². The van der Waals surface area contributed by atoms with Crippen molar-refractivity contribution >= 4 is 17.6 Å². The third-order valence-corrected chi connectivity index (χ3v) is 9.70. The summed E-state index contributed by atoms with van der Waals surface area (Å²) in [7, 11) is 1.62. The predicted octanol–water partition coefficient (Wildman–Crippen LogP) is 5.77. The number of amides is 1. The van der Waals surface area contributed by atoms with Gasteiger partial charge in [0.05, 0.1) is 24.0 Å². The van der Waals surface area contributed by atoms with Crippen molar-refractivity contribution in [2.24, 2.45) is 5.92 Å². The molecule has 10 heteroatoms. The van der Waals surface area contributed by atoms with E-state index in [4.69, 9.17) is 4.74 Å². The highest BCUT2D eigenvalue weighted by Gasteiger charge is 2.48. The van der Waals surface area contributed by atoms with Crippen LogP contribution in [0.5, 0.6) is 5.75 Å². The number of halogens is 3. The average molecular weight is 602 g/mol. The largest absolute Gasteiger partial charge is 0.497 e. The number of rotatable bonds is 8. The van der Waals surface area contributed by atoms with Gasteiger partial charge in [0, 0.05) is 38.4 Å². The van der Waals surface area contributed by atoms with Crippen molar-refractivity contribution in [1.82, 2.24) is 9.80 Å². The van der Waals surface area contributed by atoms with Crippen LogP contribution in [0.3, 0.4) is 0 Å². The smallest absolute Gasteiger partial charge is 0.416 e. The molecule has 2 aromatic rings. The Labute approximate surface area is 251 Å². The summed E-state index contributed by atoms with van der Waals surface area (Å²) in [5.41, 5.74) is 1.06. The molecule has 1 atom stereocenters. The van der Waals surface area contributed by atoms with Crippen LogP contribution in [-0.2, 0) is 21.2 Å². The number of methoxy groups -OCH3 is 1. The van der Waals surface area contributed by atoms with E-state index in [1.165, 1.54) is 6.07 Å². The molecule has 3 aliphatic rings. The van der Waals surface area contributed by atoms with Crippen LogP contribution in [0.1, 0.15) is 68.1 Å². The molecule has 2 aromatic carbocycles. The molecule has 0 aliphatic carbocycles. The molecule has 1 unspecified atom stereocenters. The minimum Gasteiger partial charge on any atom is -0.497 e. The number of nitrogens with zero attached hydrogens (tertiary/aromatic N) is 3. The molecule has 0 spiro atoms. The molecule has 7 nitrogen and oxygen atoms in total. The van der Waals surface area contributed by atoms with E-state index in [0.29, 0.717) is 64.1 Å². The van der Waals surface area contributed by atoms with Crippen LogP contribution >= 0.6 is 0 Å². The van der Waals surface area contributed by atoms with Crippen LogP contribution in [0, 0.1) is 5.92 Å². The second-order valence-electron chi connectivity index (χ2n) is 12.3. The molecular weight excluding hydrogens is 559 g/mol. The monoisotopic (exact) mass is 601 g/mol. The first kappa shape index (κ1) is 31.2. The van der Waals surface area contributed by atoms with E-state index in [2.05, 4.69) is 11.8 Å². The molecule has 0 saturated carbocycles. The topological polar surface area (TPSA) is 73.3 Å². The highest BCUT2D eigenvalue weighted by atomic mass is 19.4. The molecule has 0 radical (unpaired) electrons. The summed E-state index contributed by atoms with van der Waals surface area (Å²) in [6.07, 6.45) is -0.582. The summed E-state index contributed by atoms with van der Waals surface area (Å²) in [5, 5.41) is 9.40. The number of carbonyl (C=O) groups is 2. The minimum atomic E-state index is -4.47. The Kier molecular flexibility index (Phi) is 9.25. The van der Waals surface area contributed by atoms with E-state index in [-0.39, 0.29) is 11.8 Å². The number of hydrogen-bond donors (Lipinski definition) is 1. The lowest BCUT2D eigenvalue weighted by molar-refractivity contribution is -0.142. The van der Waals surface area contributed by atoms with Crippen LogP contribution in [0.25, 0.3) is 0 Å². The third kappa shape index (κ3) is 6.49. The standard InChI is InChI=1S/C33H42F3N3O4/c1-3-15-37-20-14-32(22-37,25-4-7-27(43-2)8-5-25)31(42)39-18-10-23(11-19-39)28-9-6-26(33(34,35)36)21-29(28)38-16-12-24(13-17-38)30(40)41/h4-9,21,23-24H,3,10-20,22H2,1-2H3,(H,40,41). The summed E-state index contributed by atoms with van der Waals surface area (Å²) in [5.74, 6) is -0.445. The van der Waals surface area contributed by atoms with Crippen molar-refractivity contribution in [3.63, 3.8) is 0 Å². The van der Waals surface area contributed by atoms with Gasteiger partial charge < -0.3 is 24.5 Å². The summed E-state index contributed by atoms with van der Waals surface area (Å²) < 4.78 is 46.5. The van der Waals surface area contributed by atoms with Crippen LogP contribution in [0.4, 0.5) is 18.9 Å². The first-order valence-electron chi connectivity index (χ1n) is 15.4. The number of hydrogen-bond acceptors (Lipinski definition) is 5. The van der Waals surface area contributed by atoms with Gasteiger partial charge in [-0.3, -0.25) is 9.59 Å². The molecule has 3 fully saturated rings. The fourth-order valence-corrected chi connectivity index (χ4v) is 7.24. The Morgan fingerprint density at radius 1 is 0.977 bits per heavy atom. The van der Waals surface area contributed by atoms with Crippen molar-refractivity contribution in [1.29, 1.82) is 0 Å². The number of benzene rings is 2. The summed E-state index contributed by atoms with van der Waals surface area (Å²) in [4.78, 5) is 32.0. The third-order valence-electron chi connectivity index (χ3n) is 9.70. The number of carbonyl (C=O) groups excluding carboxylic acids is 1. The van der Waals surface area contributed by atoms with Gasteiger partial charge in [-0.2, -0.15) is 13.2 Å². The van der Waals surface area contributed by atoms with Crippen molar-refractivity contribution in [3.8, 4) is 5.75 Å². The lowest BCUT2D eigenvalue weighted by Gasteiger charge is -2.40. The molecular formula is C33H42F3N3O4. The van der Waals surface area contributed by atoms with Gasteiger partial charge in [0.15, 0.2) is 0 Å². The number of carboxylic acids is 1. The quantitative estimate of drug-likeness (QED) is 0.414. The van der Waals surface area contributed by atoms with E-state index in [1.807, 2.05) is 34.1 Å². The molecule has 43 heavy (non-hydrogen) atoms. The lowest BCUT2D eigenvalue weighted by Crippen LogP contribution is -2.51. The normalized spacial score (nSPS) is 22.6. The first-order chi connectivity index (χ1) is 20.6. The van der Waals surface area contributed by atoms with Crippen molar-refractivity contribution < 1.29 is 32.6 Å². The van der Waals surface area contributed by atoms with E-state index in [9.17, 15) is 27.9 Å². The highest BCUT2D eigenvalue weighted by molar-refractivity contribution is 5.89. The molecule has 234 valence electrons. The maximum atomic E-state index is 14.3. The van der Waals surface area contributed by atoms with Gasteiger partial charge in [-0.1, -0.05) is 25.1 Å². The van der Waals surface area contributed by atoms with Gasteiger partial charge in [0.2, 0.25) is 5.91 Å². The highest BCUT2D eigenvalue weighted by Crippen LogP contribution is 2.42. The Balaban J connectivity index is 1.35. The summed E-state index contributed by atoms with van der Waals surface area (Å²) >= 11 is 0. The Morgan fingerprint density at radius 2 is 1.65 bits per heavy atom. The summed E-state index contributed by atoms with van der Waals surface area (Å²) in [6, 6.07) is 11.8. The van der Waals surface area contributed by atoms with E-state index in [0.717, 1.165) is 48.9 Å². The van der Waals surface area contributed by atoms with E-state index < -0.39 is 29.0 Å². The van der Waals surface area contributed by atoms with Crippen LogP contribution in [-0.4, -0.2) is 79.7 Å². The van der Waals surface area contributed by atoms with Crippen molar-refractivity contribution in [2.45, 2.75) is 63.0 Å². The van der Waals surface area contributed by atoms with Crippen molar-refractivity contribution in [2.75, 3.05) is 57.8 Å². The zero-order valence-corrected chi connectivity index (χ0v) is 25.0. The predicted molar refractivity (Wildman–Crippen MR) is 159 cm³/mol. The molecule has 1 N–H and O–H groups in total. The number of anilines is 1. The van der Waals surface area contributed by atoms with E-state index >= 15 is 0 Å².